The Morgan fingerprint density at radius 3 is 2.70 bits per heavy atom. The van der Waals surface area contributed by atoms with Crippen molar-refractivity contribution in [1.82, 2.24) is 0 Å². The number of carbonyl (C=O) groups excluding carboxylic acids is 1. The highest BCUT2D eigenvalue weighted by Gasteiger charge is 2.15. The van der Waals surface area contributed by atoms with Crippen LogP contribution in [0.5, 0.6) is 5.75 Å². The standard InChI is InChI=1S/C13H10BrNO5/c14-12-8(5-6-19-12)13(18)15-9-3-1-2-4-10(9)20-7-11(16)17/h1-6H,7H2,(H,15,18)(H,16,17). The number of para-hydroxylation sites is 2. The predicted molar refractivity (Wildman–Crippen MR) is 73.9 cm³/mol. The Labute approximate surface area is 122 Å². The van der Waals surface area contributed by atoms with Gasteiger partial charge in [-0.2, -0.15) is 0 Å². The molecule has 1 heterocycles. The maximum atomic E-state index is 12.0. The second kappa shape index (κ2) is 6.25. The molecule has 1 aromatic heterocycles. The number of rotatable bonds is 5. The zero-order chi connectivity index (χ0) is 14.5. The van der Waals surface area contributed by atoms with Crippen LogP contribution >= 0.6 is 15.9 Å². The van der Waals surface area contributed by atoms with E-state index in [0.717, 1.165) is 0 Å². The van der Waals surface area contributed by atoms with E-state index in [4.69, 9.17) is 14.3 Å². The van der Waals surface area contributed by atoms with Crippen LogP contribution in [-0.4, -0.2) is 23.6 Å². The number of nitrogens with one attached hydrogen (secondary N) is 1. The van der Waals surface area contributed by atoms with Crippen molar-refractivity contribution in [2.75, 3.05) is 11.9 Å². The fraction of sp³-hybridized carbons (Fsp3) is 0.0769. The number of hydrogen-bond acceptors (Lipinski definition) is 4. The zero-order valence-corrected chi connectivity index (χ0v) is 11.7. The van der Waals surface area contributed by atoms with Crippen LogP contribution in [0.3, 0.4) is 0 Å². The van der Waals surface area contributed by atoms with Gasteiger partial charge in [-0.15, -0.1) is 0 Å². The highest BCUT2D eigenvalue weighted by Crippen LogP contribution is 2.25. The number of carboxylic acids is 1. The van der Waals surface area contributed by atoms with Gasteiger partial charge in [-0.3, -0.25) is 4.79 Å². The molecule has 0 atom stereocenters. The summed E-state index contributed by atoms with van der Waals surface area (Å²) in [5.41, 5.74) is 0.713. The van der Waals surface area contributed by atoms with Crippen LogP contribution < -0.4 is 10.1 Å². The highest BCUT2D eigenvalue weighted by molar-refractivity contribution is 9.10. The molecule has 2 rings (SSSR count). The van der Waals surface area contributed by atoms with Gasteiger partial charge in [-0.05, 0) is 34.1 Å². The molecule has 0 bridgehead atoms. The highest BCUT2D eigenvalue weighted by atomic mass is 79.9. The Hall–Kier alpha value is -2.28. The van der Waals surface area contributed by atoms with Gasteiger partial charge in [0.2, 0.25) is 0 Å². The van der Waals surface area contributed by atoms with Crippen molar-refractivity contribution in [2.24, 2.45) is 0 Å². The van der Waals surface area contributed by atoms with E-state index in [1.807, 2.05) is 0 Å². The third-order valence-corrected chi connectivity index (χ3v) is 2.96. The van der Waals surface area contributed by atoms with E-state index in [9.17, 15) is 9.59 Å². The molecule has 20 heavy (non-hydrogen) atoms. The molecule has 0 saturated heterocycles. The lowest BCUT2D eigenvalue weighted by atomic mass is 10.2. The fourth-order valence-electron chi connectivity index (χ4n) is 1.48. The molecule has 7 heteroatoms. The van der Waals surface area contributed by atoms with Crippen LogP contribution in [0.1, 0.15) is 10.4 Å². The second-order valence-corrected chi connectivity index (χ2v) is 4.46. The molecule has 104 valence electrons. The summed E-state index contributed by atoms with van der Waals surface area (Å²) in [6.07, 6.45) is 1.38. The van der Waals surface area contributed by atoms with Crippen molar-refractivity contribution >= 4 is 33.5 Å². The van der Waals surface area contributed by atoms with Crippen LogP contribution in [0.4, 0.5) is 5.69 Å². The molecule has 0 saturated carbocycles. The summed E-state index contributed by atoms with van der Waals surface area (Å²) in [5.74, 6) is -1.21. The monoisotopic (exact) mass is 339 g/mol. The zero-order valence-electron chi connectivity index (χ0n) is 10.1. The Morgan fingerprint density at radius 2 is 2.05 bits per heavy atom. The van der Waals surface area contributed by atoms with Gasteiger partial charge in [-0.25, -0.2) is 4.79 Å². The van der Waals surface area contributed by atoms with E-state index in [1.54, 1.807) is 24.3 Å². The fourth-order valence-corrected chi connectivity index (χ4v) is 1.90. The van der Waals surface area contributed by atoms with Gasteiger partial charge >= 0.3 is 5.97 Å². The largest absolute Gasteiger partial charge is 0.480 e. The molecule has 0 radical (unpaired) electrons. The third-order valence-electron chi connectivity index (χ3n) is 2.35. The minimum atomic E-state index is -1.09. The summed E-state index contributed by atoms with van der Waals surface area (Å²) >= 11 is 3.11. The van der Waals surface area contributed by atoms with E-state index >= 15 is 0 Å². The van der Waals surface area contributed by atoms with Crippen molar-refractivity contribution in [3.05, 3.63) is 46.8 Å². The number of furan rings is 1. The molecular weight excluding hydrogens is 330 g/mol. The topological polar surface area (TPSA) is 88.8 Å². The number of anilines is 1. The first-order valence-corrected chi connectivity index (χ1v) is 6.35. The van der Waals surface area contributed by atoms with Gasteiger partial charge in [-0.1, -0.05) is 12.1 Å². The second-order valence-electron chi connectivity index (χ2n) is 3.74. The molecule has 0 aliphatic heterocycles. The number of ether oxygens (including phenoxy) is 1. The quantitative estimate of drug-likeness (QED) is 0.874. The maximum absolute atomic E-state index is 12.0. The summed E-state index contributed by atoms with van der Waals surface area (Å²) in [4.78, 5) is 22.5. The molecule has 0 fully saturated rings. The number of aliphatic carboxylic acids is 1. The average molecular weight is 340 g/mol. The normalized spacial score (nSPS) is 10.1. The third kappa shape index (κ3) is 3.39. The number of halogens is 1. The van der Waals surface area contributed by atoms with Gasteiger partial charge in [0.1, 0.15) is 5.75 Å². The number of carbonyl (C=O) groups is 2. The molecule has 0 aliphatic rings. The van der Waals surface area contributed by atoms with Gasteiger partial charge in [0.25, 0.3) is 5.91 Å². The molecule has 0 spiro atoms. The van der Waals surface area contributed by atoms with Gasteiger partial charge in [0.15, 0.2) is 11.3 Å². The van der Waals surface area contributed by atoms with Gasteiger partial charge < -0.3 is 19.6 Å². The Kier molecular flexibility index (Phi) is 4.41. The number of amides is 1. The van der Waals surface area contributed by atoms with Crippen LogP contribution in [0.15, 0.2) is 45.7 Å². The van der Waals surface area contributed by atoms with Crippen molar-refractivity contribution in [1.29, 1.82) is 0 Å². The first-order chi connectivity index (χ1) is 9.58. The molecule has 6 nitrogen and oxygen atoms in total. The average Bonchev–Trinajstić information content (AvgIpc) is 2.84. The smallest absolute Gasteiger partial charge is 0.341 e. The summed E-state index contributed by atoms with van der Waals surface area (Å²) in [7, 11) is 0. The first kappa shape index (κ1) is 14.1. The van der Waals surface area contributed by atoms with Crippen molar-refractivity contribution in [3.63, 3.8) is 0 Å². The summed E-state index contributed by atoms with van der Waals surface area (Å²) in [5, 5.41) is 11.2. The summed E-state index contributed by atoms with van der Waals surface area (Å²) in [6.45, 7) is -0.484. The Morgan fingerprint density at radius 1 is 1.30 bits per heavy atom. The minimum absolute atomic E-state index is 0.280. The van der Waals surface area contributed by atoms with E-state index in [1.165, 1.54) is 12.3 Å². The van der Waals surface area contributed by atoms with E-state index in [2.05, 4.69) is 21.2 Å². The molecular formula is C13H10BrNO5. The molecule has 0 unspecified atom stereocenters. The van der Waals surface area contributed by atoms with Crippen molar-refractivity contribution in [2.45, 2.75) is 0 Å². The molecule has 1 amide bonds. The number of carboxylic acid groups (broad SMARTS) is 1. The number of benzene rings is 1. The molecule has 0 aliphatic carbocycles. The SMILES string of the molecule is O=C(O)COc1ccccc1NC(=O)c1ccoc1Br. The van der Waals surface area contributed by atoms with Gasteiger partial charge in [0, 0.05) is 0 Å². The minimum Gasteiger partial charge on any atom is -0.480 e. The van der Waals surface area contributed by atoms with E-state index in [0.29, 0.717) is 15.9 Å². The van der Waals surface area contributed by atoms with Gasteiger partial charge in [0.05, 0.1) is 17.5 Å². The van der Waals surface area contributed by atoms with E-state index < -0.39 is 18.5 Å². The van der Waals surface area contributed by atoms with Crippen LogP contribution in [0.25, 0.3) is 0 Å². The lowest BCUT2D eigenvalue weighted by molar-refractivity contribution is -0.139. The van der Waals surface area contributed by atoms with Crippen LogP contribution in [0.2, 0.25) is 0 Å². The Bertz CT molecular complexity index is 637. The lowest BCUT2D eigenvalue weighted by Crippen LogP contribution is -2.14. The Balaban J connectivity index is 2.15. The number of hydrogen-bond donors (Lipinski definition) is 2. The molecule has 2 N–H and O–H groups in total. The molecule has 1 aromatic carbocycles. The maximum Gasteiger partial charge on any atom is 0.341 e. The summed E-state index contributed by atoms with van der Waals surface area (Å²) in [6, 6.07) is 8.08. The summed E-state index contributed by atoms with van der Waals surface area (Å²) < 4.78 is 10.4. The predicted octanol–water partition coefficient (Wildman–Crippen LogP) is 2.76. The van der Waals surface area contributed by atoms with Crippen LogP contribution in [-0.2, 0) is 4.79 Å². The van der Waals surface area contributed by atoms with Crippen molar-refractivity contribution < 1.29 is 23.8 Å². The molecule has 2 aromatic rings. The first-order valence-electron chi connectivity index (χ1n) is 5.56. The van der Waals surface area contributed by atoms with Crippen molar-refractivity contribution in [3.8, 4) is 5.75 Å². The van der Waals surface area contributed by atoms with Crippen LogP contribution in [0, 0.1) is 0 Å². The lowest BCUT2D eigenvalue weighted by Gasteiger charge is -2.10. The van der Waals surface area contributed by atoms with E-state index in [-0.39, 0.29) is 5.75 Å².